The number of hydrogen-bond donors (Lipinski definition) is 0. The van der Waals surface area contributed by atoms with Crippen molar-refractivity contribution in [1.82, 2.24) is 5.01 Å². The van der Waals surface area contributed by atoms with Gasteiger partial charge in [0.25, 0.3) is 0 Å². The number of benzene rings is 3. The lowest BCUT2D eigenvalue weighted by Gasteiger charge is -2.50. The third kappa shape index (κ3) is 2.22. The van der Waals surface area contributed by atoms with E-state index in [0.29, 0.717) is 0 Å². The van der Waals surface area contributed by atoms with Crippen molar-refractivity contribution in [3.63, 3.8) is 0 Å². The van der Waals surface area contributed by atoms with Crippen LogP contribution in [0, 0.1) is 0 Å². The lowest BCUT2D eigenvalue weighted by molar-refractivity contribution is 0.0777. The molecule has 0 spiro atoms. The van der Waals surface area contributed by atoms with Crippen molar-refractivity contribution in [2.75, 3.05) is 6.54 Å². The Hall–Kier alpha value is -2.87. The maximum Gasteiger partial charge on any atom is 0.108 e. The molecule has 2 heterocycles. The second kappa shape index (κ2) is 6.14. The zero-order valence-corrected chi connectivity index (χ0v) is 14.8. The Morgan fingerprint density at radius 2 is 1.42 bits per heavy atom. The maximum atomic E-state index is 5.21. The fourth-order valence-corrected chi connectivity index (χ4v) is 4.57. The second-order valence-electron chi connectivity index (χ2n) is 7.17. The first-order valence-electron chi connectivity index (χ1n) is 9.47. The fourth-order valence-electron chi connectivity index (χ4n) is 4.57. The molecular formula is C24H22N2. The van der Waals surface area contributed by atoms with Gasteiger partial charge in [-0.3, -0.25) is 5.01 Å². The van der Waals surface area contributed by atoms with Crippen molar-refractivity contribution in [1.29, 1.82) is 0 Å². The molecule has 2 aliphatic rings. The molecule has 2 aliphatic heterocycles. The van der Waals surface area contributed by atoms with Gasteiger partial charge in [0.05, 0.1) is 5.71 Å². The summed E-state index contributed by atoms with van der Waals surface area (Å²) in [5, 5.41) is 7.57. The molecule has 0 saturated carbocycles. The van der Waals surface area contributed by atoms with Crippen LogP contribution in [-0.4, -0.2) is 17.3 Å². The molecule has 26 heavy (non-hydrogen) atoms. The van der Waals surface area contributed by atoms with E-state index < -0.39 is 0 Å². The molecule has 5 rings (SSSR count). The number of hydrogen-bond acceptors (Lipinski definition) is 2. The van der Waals surface area contributed by atoms with Gasteiger partial charge in [0, 0.05) is 17.7 Å². The van der Waals surface area contributed by atoms with E-state index in [1.807, 2.05) is 0 Å². The van der Waals surface area contributed by atoms with Gasteiger partial charge in [-0.2, -0.15) is 5.10 Å². The third-order valence-corrected chi connectivity index (χ3v) is 5.75. The van der Waals surface area contributed by atoms with Crippen molar-refractivity contribution in [2.45, 2.75) is 24.8 Å². The number of piperidine rings is 1. The summed E-state index contributed by atoms with van der Waals surface area (Å²) in [7, 11) is 0. The molecule has 0 radical (unpaired) electrons. The average Bonchev–Trinajstić information content (AvgIpc) is 2.74. The lowest BCUT2D eigenvalue weighted by Crippen LogP contribution is -2.51. The highest BCUT2D eigenvalue weighted by molar-refractivity contribution is 6.14. The van der Waals surface area contributed by atoms with Crippen LogP contribution in [0.15, 0.2) is 90.0 Å². The van der Waals surface area contributed by atoms with Gasteiger partial charge < -0.3 is 0 Å². The molecule has 1 saturated heterocycles. The molecule has 0 bridgehead atoms. The Bertz CT molecular complexity index is 946. The van der Waals surface area contributed by atoms with Gasteiger partial charge in [-0.05, 0) is 30.4 Å². The van der Waals surface area contributed by atoms with Crippen LogP contribution in [0.3, 0.4) is 0 Å². The van der Waals surface area contributed by atoms with Gasteiger partial charge in [0.15, 0.2) is 0 Å². The summed E-state index contributed by atoms with van der Waals surface area (Å²) in [4.78, 5) is 0. The average molecular weight is 338 g/mol. The predicted molar refractivity (Wildman–Crippen MR) is 106 cm³/mol. The number of rotatable bonds is 2. The first-order valence-corrected chi connectivity index (χ1v) is 9.47. The van der Waals surface area contributed by atoms with Crippen molar-refractivity contribution in [3.8, 4) is 0 Å². The Morgan fingerprint density at radius 3 is 2.23 bits per heavy atom. The van der Waals surface area contributed by atoms with E-state index >= 15 is 0 Å². The minimum absolute atomic E-state index is 0.144. The molecular weight excluding hydrogens is 316 g/mol. The number of nitrogens with zero attached hydrogens (tertiary/aromatic N) is 2. The minimum atomic E-state index is -0.144. The van der Waals surface area contributed by atoms with Gasteiger partial charge in [0.1, 0.15) is 5.54 Å². The first-order chi connectivity index (χ1) is 12.9. The smallest absolute Gasteiger partial charge is 0.108 e. The summed E-state index contributed by atoms with van der Waals surface area (Å²) in [6.45, 7) is 1.000. The van der Waals surface area contributed by atoms with E-state index in [0.717, 1.165) is 18.7 Å². The Balaban J connectivity index is 1.78. The molecule has 0 aromatic heterocycles. The molecule has 3 aromatic rings. The zero-order chi connectivity index (χ0) is 17.4. The minimum Gasteiger partial charge on any atom is -0.281 e. The van der Waals surface area contributed by atoms with Crippen molar-refractivity contribution in [2.24, 2.45) is 5.10 Å². The van der Waals surface area contributed by atoms with E-state index in [4.69, 9.17) is 5.10 Å². The third-order valence-electron chi connectivity index (χ3n) is 5.75. The fraction of sp³-hybridized carbons (Fsp3) is 0.208. The molecule has 0 aliphatic carbocycles. The summed E-state index contributed by atoms with van der Waals surface area (Å²) in [6.07, 6.45) is 3.54. The molecule has 1 atom stereocenters. The Kier molecular flexibility index (Phi) is 3.63. The normalized spacial score (nSPS) is 21.5. The lowest BCUT2D eigenvalue weighted by atomic mass is 9.72. The molecule has 1 fully saturated rings. The van der Waals surface area contributed by atoms with Crippen molar-refractivity contribution >= 4 is 5.71 Å². The molecule has 2 nitrogen and oxygen atoms in total. The highest BCUT2D eigenvalue weighted by Gasteiger charge is 2.46. The van der Waals surface area contributed by atoms with Crippen LogP contribution in [0.2, 0.25) is 0 Å². The Labute approximate surface area is 154 Å². The van der Waals surface area contributed by atoms with E-state index in [2.05, 4.69) is 89.9 Å². The highest BCUT2D eigenvalue weighted by atomic mass is 15.5. The van der Waals surface area contributed by atoms with E-state index in [-0.39, 0.29) is 5.54 Å². The maximum absolute atomic E-state index is 5.21. The van der Waals surface area contributed by atoms with Crippen LogP contribution in [-0.2, 0) is 5.54 Å². The molecule has 1 unspecified atom stereocenters. The standard InChI is InChI=1S/C24H22N2/c1-3-11-19(12-4-1)23-21-15-7-8-16-22(21)24(20-13-5-2-6-14-20)17-9-10-18-26(24)25-23/h1-8,11-16H,9-10,17-18H2. The summed E-state index contributed by atoms with van der Waals surface area (Å²) in [5.41, 5.74) is 6.14. The van der Waals surface area contributed by atoms with E-state index in [1.165, 1.54) is 35.1 Å². The molecule has 2 heteroatoms. The summed E-state index contributed by atoms with van der Waals surface area (Å²) in [6, 6.07) is 30.3. The van der Waals surface area contributed by atoms with Crippen LogP contribution in [0.25, 0.3) is 0 Å². The van der Waals surface area contributed by atoms with Gasteiger partial charge in [0.2, 0.25) is 0 Å². The van der Waals surface area contributed by atoms with Crippen LogP contribution in [0.1, 0.15) is 41.5 Å². The zero-order valence-electron chi connectivity index (χ0n) is 14.8. The Morgan fingerprint density at radius 1 is 0.731 bits per heavy atom. The van der Waals surface area contributed by atoms with Crippen molar-refractivity contribution in [3.05, 3.63) is 107 Å². The summed E-state index contributed by atoms with van der Waals surface area (Å²) >= 11 is 0. The van der Waals surface area contributed by atoms with Crippen LogP contribution in [0.5, 0.6) is 0 Å². The van der Waals surface area contributed by atoms with Gasteiger partial charge >= 0.3 is 0 Å². The monoisotopic (exact) mass is 338 g/mol. The van der Waals surface area contributed by atoms with E-state index in [1.54, 1.807) is 0 Å². The molecule has 0 N–H and O–H groups in total. The van der Waals surface area contributed by atoms with Gasteiger partial charge in [-0.1, -0.05) is 84.9 Å². The largest absolute Gasteiger partial charge is 0.281 e. The quantitative estimate of drug-likeness (QED) is 0.628. The van der Waals surface area contributed by atoms with Gasteiger partial charge in [-0.25, -0.2) is 0 Å². The SMILES string of the molecule is c1ccc(C2=NN3CCCCC3(c3ccccc3)c3ccccc32)cc1. The predicted octanol–water partition coefficient (Wildman–Crippen LogP) is 5.18. The van der Waals surface area contributed by atoms with E-state index in [9.17, 15) is 0 Å². The second-order valence-corrected chi connectivity index (χ2v) is 7.17. The van der Waals surface area contributed by atoms with Crippen LogP contribution in [0.4, 0.5) is 0 Å². The topological polar surface area (TPSA) is 15.6 Å². The highest BCUT2D eigenvalue weighted by Crippen LogP contribution is 2.47. The summed E-state index contributed by atoms with van der Waals surface area (Å²) in [5.74, 6) is 0. The molecule has 128 valence electrons. The summed E-state index contributed by atoms with van der Waals surface area (Å²) < 4.78 is 0. The number of hydrazone groups is 1. The molecule has 0 amide bonds. The van der Waals surface area contributed by atoms with Crippen molar-refractivity contribution < 1.29 is 0 Å². The van der Waals surface area contributed by atoms with Gasteiger partial charge in [-0.15, -0.1) is 0 Å². The first kappa shape index (κ1) is 15.4. The van der Waals surface area contributed by atoms with Crippen LogP contribution < -0.4 is 0 Å². The van der Waals surface area contributed by atoms with Crippen LogP contribution >= 0.6 is 0 Å². The molecule has 3 aromatic carbocycles. The number of fused-ring (bicyclic) bond motifs is 3.